The summed E-state index contributed by atoms with van der Waals surface area (Å²) in [4.78, 5) is 27.2. The zero-order chi connectivity index (χ0) is 14.1. The molecule has 0 amide bonds. The summed E-state index contributed by atoms with van der Waals surface area (Å²) in [5, 5.41) is 13.6. The Balaban J connectivity index is 1.91. The molecule has 0 aliphatic rings. The van der Waals surface area contributed by atoms with Gasteiger partial charge in [-0.2, -0.15) is 20.4 Å². The van der Waals surface area contributed by atoms with Gasteiger partial charge in [-0.15, -0.1) is 0 Å². The van der Waals surface area contributed by atoms with Gasteiger partial charge in [0.05, 0.1) is 6.20 Å². The van der Waals surface area contributed by atoms with Crippen molar-refractivity contribution in [2.45, 2.75) is 6.54 Å². The number of aromatic amines is 1. The average molecular weight is 275 g/mol. The van der Waals surface area contributed by atoms with Crippen molar-refractivity contribution < 1.29 is 4.52 Å². The Bertz CT molecular complexity index is 842. The minimum atomic E-state index is -0.460. The third kappa shape index (κ3) is 2.02. The quantitative estimate of drug-likeness (QED) is 0.634. The van der Waals surface area contributed by atoms with Gasteiger partial charge in [-0.05, 0) is 0 Å². The smallest absolute Gasteiger partial charge is 0.331 e. The molecular formula is C10H9N7O3. The standard InChI is InChI=1S/C10H9N7O3/c1-16-8(18)2-3-17(10(16)19)5-7-12-9(14-20-7)6-4-11-15-13-6/h2-4H,5H2,1H3,(H,11,13,15). The van der Waals surface area contributed by atoms with Crippen LogP contribution in [0.15, 0.2) is 32.6 Å². The Morgan fingerprint density at radius 2 is 2.25 bits per heavy atom. The van der Waals surface area contributed by atoms with Gasteiger partial charge >= 0.3 is 5.69 Å². The lowest BCUT2D eigenvalue weighted by molar-refractivity contribution is 0.367. The molecule has 0 saturated carbocycles. The van der Waals surface area contributed by atoms with Crippen LogP contribution in [0.25, 0.3) is 11.5 Å². The third-order valence-corrected chi connectivity index (χ3v) is 2.68. The zero-order valence-corrected chi connectivity index (χ0v) is 10.3. The number of aromatic nitrogens is 7. The summed E-state index contributed by atoms with van der Waals surface area (Å²) in [6.07, 6.45) is 2.83. The Morgan fingerprint density at radius 1 is 1.40 bits per heavy atom. The van der Waals surface area contributed by atoms with Gasteiger partial charge in [0.25, 0.3) is 5.56 Å². The summed E-state index contributed by atoms with van der Waals surface area (Å²) < 4.78 is 7.32. The molecule has 102 valence electrons. The minimum absolute atomic E-state index is 0.0673. The fourth-order valence-electron chi connectivity index (χ4n) is 1.61. The summed E-state index contributed by atoms with van der Waals surface area (Å²) in [6, 6.07) is 1.29. The largest absolute Gasteiger partial charge is 0.337 e. The van der Waals surface area contributed by atoms with E-state index in [2.05, 4.69) is 25.6 Å². The summed E-state index contributed by atoms with van der Waals surface area (Å²) in [6.45, 7) is 0.0673. The van der Waals surface area contributed by atoms with Crippen LogP contribution in [0.4, 0.5) is 0 Å². The molecule has 0 bridgehead atoms. The van der Waals surface area contributed by atoms with E-state index in [1.807, 2.05) is 0 Å². The Labute approximate surface area is 110 Å². The van der Waals surface area contributed by atoms with Gasteiger partial charge in [0.2, 0.25) is 11.7 Å². The average Bonchev–Trinajstić information content (AvgIpc) is 3.10. The van der Waals surface area contributed by atoms with Crippen molar-refractivity contribution in [2.24, 2.45) is 7.05 Å². The molecule has 3 heterocycles. The van der Waals surface area contributed by atoms with Crippen molar-refractivity contribution >= 4 is 0 Å². The van der Waals surface area contributed by atoms with Crippen LogP contribution in [-0.2, 0) is 13.6 Å². The second-order valence-corrected chi connectivity index (χ2v) is 3.99. The fraction of sp³-hybridized carbons (Fsp3) is 0.200. The van der Waals surface area contributed by atoms with E-state index >= 15 is 0 Å². The highest BCUT2D eigenvalue weighted by molar-refractivity contribution is 5.44. The lowest BCUT2D eigenvalue weighted by Crippen LogP contribution is -2.37. The molecule has 3 aromatic heterocycles. The van der Waals surface area contributed by atoms with Crippen molar-refractivity contribution in [3.63, 3.8) is 0 Å². The van der Waals surface area contributed by atoms with E-state index in [-0.39, 0.29) is 23.8 Å². The molecule has 0 aliphatic carbocycles. The highest BCUT2D eigenvalue weighted by Gasteiger charge is 2.12. The predicted molar refractivity (Wildman–Crippen MR) is 64.7 cm³/mol. The Hall–Kier alpha value is -3.04. The number of hydrogen-bond donors (Lipinski definition) is 1. The Kier molecular flexibility index (Phi) is 2.75. The van der Waals surface area contributed by atoms with E-state index in [4.69, 9.17) is 4.52 Å². The first-order valence-corrected chi connectivity index (χ1v) is 5.60. The molecule has 10 heteroatoms. The molecule has 0 aliphatic heterocycles. The van der Waals surface area contributed by atoms with E-state index in [0.717, 1.165) is 4.57 Å². The first-order chi connectivity index (χ1) is 9.65. The topological polar surface area (TPSA) is 124 Å². The normalized spacial score (nSPS) is 10.8. The SMILES string of the molecule is Cn1c(=O)ccn(Cc2nc(-c3cn[nH]n3)no2)c1=O. The van der Waals surface area contributed by atoms with E-state index in [0.29, 0.717) is 5.69 Å². The predicted octanol–water partition coefficient (Wildman–Crippen LogP) is -1.24. The van der Waals surface area contributed by atoms with Crippen molar-refractivity contribution in [3.05, 3.63) is 45.2 Å². The van der Waals surface area contributed by atoms with E-state index in [1.165, 1.54) is 30.1 Å². The van der Waals surface area contributed by atoms with Crippen LogP contribution >= 0.6 is 0 Å². The van der Waals surface area contributed by atoms with Crippen molar-refractivity contribution in [1.82, 2.24) is 34.7 Å². The number of H-pyrrole nitrogens is 1. The van der Waals surface area contributed by atoms with Crippen molar-refractivity contribution in [3.8, 4) is 11.5 Å². The summed E-state index contributed by atoms with van der Waals surface area (Å²) >= 11 is 0. The first kappa shape index (κ1) is 12.0. The molecule has 10 nitrogen and oxygen atoms in total. The highest BCUT2D eigenvalue weighted by atomic mass is 16.5. The van der Waals surface area contributed by atoms with Crippen molar-refractivity contribution in [2.75, 3.05) is 0 Å². The maximum atomic E-state index is 11.8. The van der Waals surface area contributed by atoms with E-state index in [9.17, 15) is 9.59 Å². The van der Waals surface area contributed by atoms with Gasteiger partial charge in [0.15, 0.2) is 5.69 Å². The van der Waals surface area contributed by atoms with Crippen LogP contribution in [0.5, 0.6) is 0 Å². The number of rotatable bonds is 3. The number of nitrogens with one attached hydrogen (secondary N) is 1. The van der Waals surface area contributed by atoms with Gasteiger partial charge in [-0.3, -0.25) is 13.9 Å². The molecule has 3 rings (SSSR count). The summed E-state index contributed by atoms with van der Waals surface area (Å²) in [5.41, 5.74) is -0.397. The third-order valence-electron chi connectivity index (χ3n) is 2.68. The molecule has 0 saturated heterocycles. The lowest BCUT2D eigenvalue weighted by Gasteiger charge is -2.02. The molecule has 0 aromatic carbocycles. The molecule has 0 radical (unpaired) electrons. The van der Waals surface area contributed by atoms with Crippen LogP contribution < -0.4 is 11.2 Å². The van der Waals surface area contributed by atoms with Crippen LogP contribution in [-0.4, -0.2) is 34.7 Å². The number of nitrogens with zero attached hydrogens (tertiary/aromatic N) is 6. The van der Waals surface area contributed by atoms with Crippen molar-refractivity contribution in [1.29, 1.82) is 0 Å². The molecular weight excluding hydrogens is 266 g/mol. The maximum absolute atomic E-state index is 11.8. The van der Waals surface area contributed by atoms with Crippen LogP contribution in [0.3, 0.4) is 0 Å². The molecule has 0 unspecified atom stereocenters. The first-order valence-electron chi connectivity index (χ1n) is 5.60. The molecule has 3 aromatic rings. The Morgan fingerprint density at radius 3 is 3.00 bits per heavy atom. The second kappa shape index (κ2) is 4.57. The molecule has 1 N–H and O–H groups in total. The van der Waals surface area contributed by atoms with Crippen LogP contribution in [0, 0.1) is 0 Å². The minimum Gasteiger partial charge on any atom is -0.337 e. The monoisotopic (exact) mass is 275 g/mol. The van der Waals surface area contributed by atoms with Gasteiger partial charge in [-0.1, -0.05) is 5.16 Å². The van der Waals surface area contributed by atoms with Gasteiger partial charge < -0.3 is 4.52 Å². The molecule has 0 fully saturated rings. The molecule has 0 atom stereocenters. The van der Waals surface area contributed by atoms with Gasteiger partial charge in [0, 0.05) is 19.3 Å². The lowest BCUT2D eigenvalue weighted by atomic mass is 10.4. The van der Waals surface area contributed by atoms with Gasteiger partial charge in [0.1, 0.15) is 6.54 Å². The second-order valence-electron chi connectivity index (χ2n) is 3.99. The highest BCUT2D eigenvalue weighted by Crippen LogP contribution is 2.10. The van der Waals surface area contributed by atoms with Crippen LogP contribution in [0.1, 0.15) is 5.89 Å². The molecule has 0 spiro atoms. The molecule has 20 heavy (non-hydrogen) atoms. The van der Waals surface area contributed by atoms with Crippen LogP contribution in [0.2, 0.25) is 0 Å². The summed E-state index contributed by atoms with van der Waals surface area (Å²) in [5.74, 6) is 0.496. The maximum Gasteiger partial charge on any atom is 0.331 e. The fourth-order valence-corrected chi connectivity index (χ4v) is 1.61. The number of hydrogen-bond acceptors (Lipinski definition) is 7. The van der Waals surface area contributed by atoms with E-state index in [1.54, 1.807) is 0 Å². The zero-order valence-electron chi connectivity index (χ0n) is 10.3. The van der Waals surface area contributed by atoms with Gasteiger partial charge in [-0.25, -0.2) is 4.79 Å². The van der Waals surface area contributed by atoms with E-state index < -0.39 is 5.69 Å². The summed E-state index contributed by atoms with van der Waals surface area (Å²) in [7, 11) is 1.40.